The topological polar surface area (TPSA) is 41.1 Å². The summed E-state index contributed by atoms with van der Waals surface area (Å²) in [6.45, 7) is 0.400. The highest BCUT2D eigenvalue weighted by atomic mass is 35.5. The molecule has 0 saturated carbocycles. The summed E-state index contributed by atoms with van der Waals surface area (Å²) >= 11 is 17.1. The standard InChI is InChI=1S/C11H11Cl3N2O/c12-5-1-2-6-15-11(17)16-10-7-8(13)3-4-9(10)14/h1-4,7H,5-6H2,(H2,15,16,17)/b2-1+. The third-order valence-corrected chi connectivity index (χ3v) is 2.56. The van der Waals surface area contributed by atoms with Crippen molar-refractivity contribution >= 4 is 46.5 Å². The minimum atomic E-state index is -0.353. The van der Waals surface area contributed by atoms with Crippen molar-refractivity contribution in [3.05, 3.63) is 40.4 Å². The van der Waals surface area contributed by atoms with E-state index in [2.05, 4.69) is 10.6 Å². The number of benzene rings is 1. The lowest BCUT2D eigenvalue weighted by molar-refractivity contribution is 0.253. The molecule has 92 valence electrons. The van der Waals surface area contributed by atoms with Crippen LogP contribution in [0.4, 0.5) is 10.5 Å². The molecule has 0 aliphatic carbocycles. The lowest BCUT2D eigenvalue weighted by Crippen LogP contribution is -2.28. The molecule has 6 heteroatoms. The second-order valence-electron chi connectivity index (χ2n) is 3.08. The molecule has 0 heterocycles. The lowest BCUT2D eigenvalue weighted by atomic mass is 10.3. The summed E-state index contributed by atoms with van der Waals surface area (Å²) in [6.07, 6.45) is 3.50. The highest BCUT2D eigenvalue weighted by molar-refractivity contribution is 6.35. The van der Waals surface area contributed by atoms with Gasteiger partial charge in [-0.2, -0.15) is 0 Å². The van der Waals surface area contributed by atoms with Crippen LogP contribution in [-0.2, 0) is 0 Å². The van der Waals surface area contributed by atoms with Gasteiger partial charge in [0.25, 0.3) is 0 Å². The molecule has 2 amide bonds. The Bertz CT molecular complexity index is 421. The number of amides is 2. The average molecular weight is 294 g/mol. The van der Waals surface area contributed by atoms with Crippen molar-refractivity contribution < 1.29 is 4.79 Å². The average Bonchev–Trinajstić information content (AvgIpc) is 2.29. The molecule has 0 fully saturated rings. The van der Waals surface area contributed by atoms with Gasteiger partial charge in [-0.1, -0.05) is 35.4 Å². The molecule has 0 aromatic heterocycles. The molecule has 2 N–H and O–H groups in total. The van der Waals surface area contributed by atoms with Crippen LogP contribution in [0.15, 0.2) is 30.4 Å². The molecule has 0 aliphatic heterocycles. The van der Waals surface area contributed by atoms with Gasteiger partial charge in [-0.15, -0.1) is 11.6 Å². The molecule has 0 unspecified atom stereocenters. The van der Waals surface area contributed by atoms with E-state index in [1.165, 1.54) is 0 Å². The molecule has 3 nitrogen and oxygen atoms in total. The molecule has 1 aromatic carbocycles. The molecule has 1 aromatic rings. The Labute approximate surface area is 115 Å². The van der Waals surface area contributed by atoms with Crippen molar-refractivity contribution in [3.63, 3.8) is 0 Å². The van der Waals surface area contributed by atoms with E-state index in [0.29, 0.717) is 28.2 Å². The van der Waals surface area contributed by atoms with Gasteiger partial charge in [0.2, 0.25) is 0 Å². The predicted octanol–water partition coefficient (Wildman–Crippen LogP) is 3.91. The Hall–Kier alpha value is -0.900. The van der Waals surface area contributed by atoms with E-state index >= 15 is 0 Å². The van der Waals surface area contributed by atoms with E-state index in [4.69, 9.17) is 34.8 Å². The largest absolute Gasteiger partial charge is 0.334 e. The summed E-state index contributed by atoms with van der Waals surface area (Å²) in [6, 6.07) is 4.50. The van der Waals surface area contributed by atoms with Gasteiger partial charge >= 0.3 is 6.03 Å². The summed E-state index contributed by atoms with van der Waals surface area (Å²) < 4.78 is 0. The molecule has 17 heavy (non-hydrogen) atoms. The number of rotatable bonds is 4. The van der Waals surface area contributed by atoms with Gasteiger partial charge in [0.05, 0.1) is 10.7 Å². The predicted molar refractivity (Wildman–Crippen MR) is 73.3 cm³/mol. The van der Waals surface area contributed by atoms with E-state index in [1.807, 2.05) is 0 Å². The Kier molecular flexibility index (Phi) is 6.19. The number of anilines is 1. The van der Waals surface area contributed by atoms with E-state index in [1.54, 1.807) is 30.4 Å². The molecular formula is C11H11Cl3N2O. The molecular weight excluding hydrogens is 282 g/mol. The number of hydrogen-bond donors (Lipinski definition) is 2. The zero-order valence-corrected chi connectivity index (χ0v) is 11.1. The molecule has 0 spiro atoms. The maximum Gasteiger partial charge on any atom is 0.319 e. The van der Waals surface area contributed by atoms with Crippen molar-refractivity contribution in [1.29, 1.82) is 0 Å². The first kappa shape index (κ1) is 14.2. The quantitative estimate of drug-likeness (QED) is 0.641. The van der Waals surface area contributed by atoms with Crippen molar-refractivity contribution in [2.75, 3.05) is 17.7 Å². The maximum atomic E-state index is 11.4. The van der Waals surface area contributed by atoms with Crippen molar-refractivity contribution in [2.45, 2.75) is 0 Å². The summed E-state index contributed by atoms with van der Waals surface area (Å²) in [5.74, 6) is 0.420. The van der Waals surface area contributed by atoms with Crippen LogP contribution in [-0.4, -0.2) is 18.5 Å². The maximum absolute atomic E-state index is 11.4. The first-order chi connectivity index (χ1) is 8.13. The third kappa shape index (κ3) is 5.31. The monoisotopic (exact) mass is 292 g/mol. The number of carbonyl (C=O) groups excluding carboxylic acids is 1. The van der Waals surface area contributed by atoms with Gasteiger partial charge in [0.1, 0.15) is 0 Å². The number of carbonyl (C=O) groups is 1. The minimum Gasteiger partial charge on any atom is -0.334 e. The molecule has 0 saturated heterocycles. The number of allylic oxidation sites excluding steroid dienone is 1. The highest BCUT2D eigenvalue weighted by Crippen LogP contribution is 2.25. The van der Waals surface area contributed by atoms with Crippen LogP contribution in [0.25, 0.3) is 0 Å². The lowest BCUT2D eigenvalue weighted by Gasteiger charge is -2.07. The van der Waals surface area contributed by atoms with E-state index < -0.39 is 0 Å². The van der Waals surface area contributed by atoms with Crippen LogP contribution in [0.5, 0.6) is 0 Å². The van der Waals surface area contributed by atoms with Gasteiger partial charge in [-0.25, -0.2) is 4.79 Å². The fourth-order valence-corrected chi connectivity index (χ4v) is 1.52. The molecule has 0 radical (unpaired) electrons. The summed E-state index contributed by atoms with van der Waals surface area (Å²) in [4.78, 5) is 11.4. The number of hydrogen-bond acceptors (Lipinski definition) is 1. The van der Waals surface area contributed by atoms with Crippen LogP contribution >= 0.6 is 34.8 Å². The fourth-order valence-electron chi connectivity index (χ4n) is 1.06. The van der Waals surface area contributed by atoms with Gasteiger partial charge < -0.3 is 10.6 Å². The van der Waals surface area contributed by atoms with Gasteiger partial charge in [-0.05, 0) is 18.2 Å². The van der Waals surface area contributed by atoms with Crippen LogP contribution < -0.4 is 10.6 Å². The smallest absolute Gasteiger partial charge is 0.319 e. The Balaban J connectivity index is 2.50. The number of nitrogens with one attached hydrogen (secondary N) is 2. The zero-order chi connectivity index (χ0) is 12.7. The van der Waals surface area contributed by atoms with Crippen LogP contribution in [0, 0.1) is 0 Å². The number of urea groups is 1. The first-order valence-electron chi connectivity index (χ1n) is 4.84. The highest BCUT2D eigenvalue weighted by Gasteiger charge is 2.04. The molecule has 0 aliphatic rings. The third-order valence-electron chi connectivity index (χ3n) is 1.81. The van der Waals surface area contributed by atoms with Crippen LogP contribution in [0.3, 0.4) is 0 Å². The number of halogens is 3. The molecule has 0 bridgehead atoms. The molecule has 1 rings (SSSR count). The Morgan fingerprint density at radius 1 is 1.29 bits per heavy atom. The Morgan fingerprint density at radius 3 is 2.76 bits per heavy atom. The van der Waals surface area contributed by atoms with E-state index in [-0.39, 0.29) is 6.03 Å². The second kappa shape index (κ2) is 7.43. The Morgan fingerprint density at radius 2 is 2.06 bits per heavy atom. The van der Waals surface area contributed by atoms with Gasteiger partial charge in [0.15, 0.2) is 0 Å². The second-order valence-corrected chi connectivity index (χ2v) is 4.24. The zero-order valence-electron chi connectivity index (χ0n) is 8.84. The summed E-state index contributed by atoms with van der Waals surface area (Å²) in [7, 11) is 0. The number of alkyl halides is 1. The first-order valence-corrected chi connectivity index (χ1v) is 6.13. The van der Waals surface area contributed by atoms with Crippen LogP contribution in [0.2, 0.25) is 10.0 Å². The van der Waals surface area contributed by atoms with Gasteiger partial charge in [-0.3, -0.25) is 0 Å². The summed E-state index contributed by atoms with van der Waals surface area (Å²) in [5.41, 5.74) is 0.470. The minimum absolute atomic E-state index is 0.353. The van der Waals surface area contributed by atoms with E-state index in [9.17, 15) is 4.79 Å². The van der Waals surface area contributed by atoms with Crippen molar-refractivity contribution in [1.82, 2.24) is 5.32 Å². The summed E-state index contributed by atoms with van der Waals surface area (Å²) in [5, 5.41) is 6.15. The molecule has 0 atom stereocenters. The normalized spacial score (nSPS) is 10.5. The van der Waals surface area contributed by atoms with Crippen LogP contribution in [0.1, 0.15) is 0 Å². The van der Waals surface area contributed by atoms with E-state index in [0.717, 1.165) is 0 Å². The SMILES string of the molecule is O=C(NC/C=C/CCl)Nc1cc(Cl)ccc1Cl. The fraction of sp³-hybridized carbons (Fsp3) is 0.182. The van der Waals surface area contributed by atoms with Gasteiger partial charge in [0, 0.05) is 17.4 Å². The van der Waals surface area contributed by atoms with Crippen molar-refractivity contribution in [2.24, 2.45) is 0 Å². The van der Waals surface area contributed by atoms with Crippen molar-refractivity contribution in [3.8, 4) is 0 Å².